The third kappa shape index (κ3) is 3.68. The van der Waals surface area contributed by atoms with Crippen molar-refractivity contribution in [1.29, 1.82) is 0 Å². The van der Waals surface area contributed by atoms with Gasteiger partial charge in [0.2, 0.25) is 0 Å². The number of alkyl halides is 3. The second-order valence-corrected chi connectivity index (χ2v) is 7.94. The van der Waals surface area contributed by atoms with Crippen LogP contribution in [0.4, 0.5) is 30.4 Å². The summed E-state index contributed by atoms with van der Waals surface area (Å²) in [4.78, 5) is 19.2. The molecule has 4 rings (SSSR count). The first-order valence-electron chi connectivity index (χ1n) is 9.15. The number of aliphatic carboxylic acids is 1. The average Bonchev–Trinajstić information content (AvgIpc) is 2.57. The summed E-state index contributed by atoms with van der Waals surface area (Å²) in [5.74, 6) is -0.493. The van der Waals surface area contributed by atoms with Crippen LogP contribution in [0.3, 0.4) is 0 Å². The fourth-order valence-electron chi connectivity index (χ4n) is 3.59. The zero-order chi connectivity index (χ0) is 21.0. The molecule has 0 amide bonds. The van der Waals surface area contributed by atoms with E-state index in [1.54, 1.807) is 26.1 Å². The third-order valence-electron chi connectivity index (χ3n) is 5.10. The molecule has 1 N–H and O–H groups in total. The van der Waals surface area contributed by atoms with Gasteiger partial charge in [0.25, 0.3) is 0 Å². The van der Waals surface area contributed by atoms with Gasteiger partial charge in [-0.3, -0.25) is 4.79 Å². The largest absolute Gasteiger partial charge is 0.484 e. The Morgan fingerprint density at radius 2 is 1.97 bits per heavy atom. The molecular weight excluding hydrogens is 387 g/mol. The lowest BCUT2D eigenvalue weighted by Crippen LogP contribution is -2.50. The Labute approximate surface area is 165 Å². The van der Waals surface area contributed by atoms with Crippen molar-refractivity contribution in [2.75, 3.05) is 29.4 Å². The van der Waals surface area contributed by atoms with Crippen molar-refractivity contribution in [3.05, 3.63) is 42.1 Å². The number of aromatic nitrogens is 1. The molecule has 0 aliphatic carbocycles. The molecular formula is C20H20F3N3O3. The number of benzene rings is 1. The molecule has 9 heteroatoms. The minimum absolute atomic E-state index is 0.151. The Morgan fingerprint density at radius 1 is 1.24 bits per heavy atom. The van der Waals surface area contributed by atoms with Gasteiger partial charge in [0.15, 0.2) is 0 Å². The quantitative estimate of drug-likeness (QED) is 0.832. The average molecular weight is 407 g/mol. The normalized spacial score (nSPS) is 18.7. The highest BCUT2D eigenvalue weighted by atomic mass is 19.4. The first-order chi connectivity index (χ1) is 13.5. The second kappa shape index (κ2) is 6.53. The summed E-state index contributed by atoms with van der Waals surface area (Å²) in [6.07, 6.45) is -2.84. The van der Waals surface area contributed by atoms with E-state index in [2.05, 4.69) is 4.98 Å². The van der Waals surface area contributed by atoms with E-state index in [9.17, 15) is 18.0 Å². The van der Waals surface area contributed by atoms with Crippen LogP contribution in [-0.4, -0.2) is 41.3 Å². The van der Waals surface area contributed by atoms with Gasteiger partial charge in [-0.15, -0.1) is 0 Å². The molecule has 0 unspecified atom stereocenters. The highest BCUT2D eigenvalue weighted by Gasteiger charge is 2.38. The smallest absolute Gasteiger partial charge is 0.416 e. The standard InChI is InChI=1S/C20H20F3N3O3/c1-19(2)11-26(15-4-3-13(20(21,22)23)7-16(15)29-19)17-8-14(5-6-24-17)25-9-12(10-25)18(27)28/h3-8,12H,9-11H2,1-2H3,(H,27,28). The van der Waals surface area contributed by atoms with Crippen molar-refractivity contribution in [2.24, 2.45) is 5.92 Å². The summed E-state index contributed by atoms with van der Waals surface area (Å²) in [6.45, 7) is 4.84. The van der Waals surface area contributed by atoms with Gasteiger partial charge in [-0.1, -0.05) is 0 Å². The number of ether oxygens (including phenoxy) is 1. The maximum absolute atomic E-state index is 13.1. The van der Waals surface area contributed by atoms with Crippen LogP contribution in [0, 0.1) is 5.92 Å². The molecule has 2 aliphatic rings. The Morgan fingerprint density at radius 3 is 2.62 bits per heavy atom. The molecule has 29 heavy (non-hydrogen) atoms. The first-order valence-corrected chi connectivity index (χ1v) is 9.15. The molecule has 0 saturated carbocycles. The molecule has 2 aliphatic heterocycles. The van der Waals surface area contributed by atoms with Gasteiger partial charge in [0.1, 0.15) is 17.2 Å². The van der Waals surface area contributed by atoms with Gasteiger partial charge in [-0.25, -0.2) is 4.98 Å². The van der Waals surface area contributed by atoms with E-state index in [4.69, 9.17) is 9.84 Å². The second-order valence-electron chi connectivity index (χ2n) is 7.94. The maximum atomic E-state index is 13.1. The molecule has 3 heterocycles. The molecule has 1 aromatic carbocycles. The van der Waals surface area contributed by atoms with Crippen molar-refractivity contribution in [3.8, 4) is 5.75 Å². The molecule has 2 aromatic rings. The first kappa shape index (κ1) is 19.4. The topological polar surface area (TPSA) is 65.9 Å². The number of rotatable bonds is 3. The number of hydrogen-bond acceptors (Lipinski definition) is 5. The molecule has 154 valence electrons. The van der Waals surface area contributed by atoms with E-state index < -0.39 is 29.2 Å². The van der Waals surface area contributed by atoms with E-state index in [0.717, 1.165) is 17.8 Å². The van der Waals surface area contributed by atoms with Crippen molar-refractivity contribution in [1.82, 2.24) is 4.98 Å². The van der Waals surface area contributed by atoms with E-state index >= 15 is 0 Å². The van der Waals surface area contributed by atoms with Crippen molar-refractivity contribution in [3.63, 3.8) is 0 Å². The SMILES string of the molecule is CC1(C)CN(c2cc(N3CC(C(=O)O)C3)ccn2)c2ccc(C(F)(F)F)cc2O1. The molecule has 1 fully saturated rings. The van der Waals surface area contributed by atoms with E-state index in [-0.39, 0.29) is 5.75 Å². The lowest BCUT2D eigenvalue weighted by atomic mass is 9.99. The molecule has 6 nitrogen and oxygen atoms in total. The molecule has 0 bridgehead atoms. The number of hydrogen-bond donors (Lipinski definition) is 1. The van der Waals surface area contributed by atoms with Crippen molar-refractivity contribution in [2.45, 2.75) is 25.6 Å². The van der Waals surface area contributed by atoms with Crippen LogP contribution < -0.4 is 14.5 Å². The molecule has 0 spiro atoms. The van der Waals surface area contributed by atoms with Crippen molar-refractivity contribution < 1.29 is 27.8 Å². The van der Waals surface area contributed by atoms with E-state index in [1.807, 2.05) is 15.9 Å². The molecule has 1 aromatic heterocycles. The highest BCUT2D eigenvalue weighted by molar-refractivity contribution is 5.76. The van der Waals surface area contributed by atoms with E-state index in [1.165, 1.54) is 6.07 Å². The summed E-state index contributed by atoms with van der Waals surface area (Å²) < 4.78 is 45.2. The fourth-order valence-corrected chi connectivity index (χ4v) is 3.59. The Hall–Kier alpha value is -2.97. The summed E-state index contributed by atoms with van der Waals surface area (Å²) in [6, 6.07) is 7.05. The third-order valence-corrected chi connectivity index (χ3v) is 5.10. The number of anilines is 3. The fraction of sp³-hybridized carbons (Fsp3) is 0.400. The number of carboxylic acid groups (broad SMARTS) is 1. The number of carboxylic acids is 1. The van der Waals surface area contributed by atoms with Gasteiger partial charge in [-0.2, -0.15) is 13.2 Å². The molecule has 1 saturated heterocycles. The lowest BCUT2D eigenvalue weighted by Gasteiger charge is -2.41. The minimum atomic E-state index is -4.46. The van der Waals surface area contributed by atoms with Crippen LogP contribution in [-0.2, 0) is 11.0 Å². The predicted molar refractivity (Wildman–Crippen MR) is 101 cm³/mol. The van der Waals surface area contributed by atoms with Gasteiger partial charge in [0.05, 0.1) is 23.7 Å². The van der Waals surface area contributed by atoms with Gasteiger partial charge in [-0.05, 0) is 38.1 Å². The number of fused-ring (bicyclic) bond motifs is 1. The van der Waals surface area contributed by atoms with Crippen LogP contribution in [0.25, 0.3) is 0 Å². The minimum Gasteiger partial charge on any atom is -0.484 e. The van der Waals surface area contributed by atoms with Crippen molar-refractivity contribution >= 4 is 23.2 Å². The zero-order valence-electron chi connectivity index (χ0n) is 15.9. The summed E-state index contributed by atoms with van der Waals surface area (Å²) in [7, 11) is 0. The van der Waals surface area contributed by atoms with Crippen LogP contribution in [0.2, 0.25) is 0 Å². The predicted octanol–water partition coefficient (Wildman–Crippen LogP) is 3.93. The van der Waals surface area contributed by atoms with Crippen LogP contribution in [0.1, 0.15) is 19.4 Å². The Kier molecular flexibility index (Phi) is 4.36. The molecule has 0 radical (unpaired) electrons. The Bertz CT molecular complexity index is 955. The maximum Gasteiger partial charge on any atom is 0.416 e. The number of pyridine rings is 1. The zero-order valence-corrected chi connectivity index (χ0v) is 15.9. The van der Waals surface area contributed by atoms with Crippen LogP contribution in [0.15, 0.2) is 36.5 Å². The van der Waals surface area contributed by atoms with Gasteiger partial charge >= 0.3 is 12.1 Å². The number of nitrogens with zero attached hydrogens (tertiary/aromatic N) is 3. The Balaban J connectivity index is 1.67. The highest BCUT2D eigenvalue weighted by Crippen LogP contribution is 2.44. The van der Waals surface area contributed by atoms with Crippen LogP contribution >= 0.6 is 0 Å². The van der Waals surface area contributed by atoms with Gasteiger partial charge < -0.3 is 19.6 Å². The summed E-state index contributed by atoms with van der Waals surface area (Å²) >= 11 is 0. The van der Waals surface area contributed by atoms with E-state index in [0.29, 0.717) is 31.1 Å². The number of halogens is 3. The summed E-state index contributed by atoms with van der Waals surface area (Å²) in [5.41, 5.74) is -0.157. The monoisotopic (exact) mass is 407 g/mol. The lowest BCUT2D eigenvalue weighted by molar-refractivity contribution is -0.142. The van der Waals surface area contributed by atoms with Gasteiger partial charge in [0, 0.05) is 31.0 Å². The molecule has 0 atom stereocenters. The summed E-state index contributed by atoms with van der Waals surface area (Å²) in [5, 5.41) is 9.06. The number of carbonyl (C=O) groups is 1. The van der Waals surface area contributed by atoms with Crippen LogP contribution in [0.5, 0.6) is 5.75 Å².